The number of aromatic nitrogens is 2. The summed E-state index contributed by atoms with van der Waals surface area (Å²) in [6.07, 6.45) is 0. The predicted octanol–water partition coefficient (Wildman–Crippen LogP) is 2.70. The number of fused-ring (bicyclic) bond motifs is 1. The topological polar surface area (TPSA) is 94.9 Å². The van der Waals surface area contributed by atoms with E-state index < -0.39 is 5.91 Å². The minimum atomic E-state index is -0.490. The minimum absolute atomic E-state index is 0.322. The number of nitrogens with zero attached hydrogens (tertiary/aromatic N) is 2. The van der Waals surface area contributed by atoms with Gasteiger partial charge in [0, 0.05) is 0 Å². The number of nitrogen functional groups attached to an aromatic ring is 1. The summed E-state index contributed by atoms with van der Waals surface area (Å²) in [6.45, 7) is 0. The molecule has 2 aromatic heterocycles. The fourth-order valence-electron chi connectivity index (χ4n) is 2.87. The average molecular weight is 393 g/mol. The number of nitrogens with two attached hydrogens (primary N) is 2. The predicted molar refractivity (Wildman–Crippen MR) is 100 cm³/mol. The maximum atomic E-state index is 11.7. The standard InChI is InChI=1S/C19H14N4OSe/c20-15-14-13(11-7-3-1-4-8-11)16(12-9-5-2-6-10-12)22-23-19(14)25-17(15)18(21)24/h1-10H,20H2,(H2,21,24). The summed E-state index contributed by atoms with van der Waals surface area (Å²) in [5.74, 6) is -0.490. The van der Waals surface area contributed by atoms with E-state index in [0.717, 1.165) is 32.2 Å². The number of anilines is 1. The van der Waals surface area contributed by atoms with E-state index >= 15 is 0 Å². The van der Waals surface area contributed by atoms with Crippen molar-refractivity contribution in [2.24, 2.45) is 5.73 Å². The van der Waals surface area contributed by atoms with Crippen LogP contribution in [-0.2, 0) is 0 Å². The Morgan fingerprint density at radius 3 is 2.08 bits per heavy atom. The van der Waals surface area contributed by atoms with Crippen molar-refractivity contribution in [3.8, 4) is 22.4 Å². The van der Waals surface area contributed by atoms with E-state index in [1.807, 2.05) is 60.7 Å². The van der Waals surface area contributed by atoms with E-state index in [1.54, 1.807) is 0 Å². The van der Waals surface area contributed by atoms with Gasteiger partial charge in [-0.3, -0.25) is 0 Å². The van der Waals surface area contributed by atoms with Crippen LogP contribution in [0.1, 0.15) is 9.23 Å². The second kappa shape index (κ2) is 6.16. The molecule has 4 N–H and O–H groups in total. The van der Waals surface area contributed by atoms with Gasteiger partial charge in [-0.15, -0.1) is 0 Å². The molecule has 4 aromatic rings. The molecule has 0 bridgehead atoms. The molecule has 0 fully saturated rings. The first-order valence-electron chi connectivity index (χ1n) is 7.66. The van der Waals surface area contributed by atoms with Gasteiger partial charge in [0.05, 0.1) is 0 Å². The van der Waals surface area contributed by atoms with Crippen molar-refractivity contribution >= 4 is 35.9 Å². The molecule has 0 atom stereocenters. The Bertz CT molecular complexity index is 1070. The number of rotatable bonds is 3. The molecule has 5 nitrogen and oxygen atoms in total. The Morgan fingerprint density at radius 1 is 0.880 bits per heavy atom. The van der Waals surface area contributed by atoms with Crippen LogP contribution in [-0.4, -0.2) is 30.6 Å². The molecule has 0 saturated carbocycles. The van der Waals surface area contributed by atoms with Crippen molar-refractivity contribution in [1.29, 1.82) is 0 Å². The first-order valence-corrected chi connectivity index (χ1v) is 9.37. The van der Waals surface area contributed by atoms with Crippen molar-refractivity contribution < 1.29 is 4.79 Å². The van der Waals surface area contributed by atoms with E-state index in [0.29, 0.717) is 10.1 Å². The number of benzene rings is 2. The van der Waals surface area contributed by atoms with Crippen molar-refractivity contribution in [3.63, 3.8) is 0 Å². The molecule has 0 radical (unpaired) electrons. The first kappa shape index (κ1) is 15.6. The number of hydrogen-bond acceptors (Lipinski definition) is 4. The van der Waals surface area contributed by atoms with Crippen LogP contribution in [0.25, 0.3) is 32.2 Å². The molecule has 0 aliphatic carbocycles. The monoisotopic (exact) mass is 394 g/mol. The molecule has 2 aromatic carbocycles. The van der Waals surface area contributed by atoms with Crippen molar-refractivity contribution in [2.75, 3.05) is 5.73 Å². The third kappa shape index (κ3) is 2.61. The van der Waals surface area contributed by atoms with Gasteiger partial charge in [-0.05, 0) is 0 Å². The van der Waals surface area contributed by atoms with Crippen molar-refractivity contribution in [1.82, 2.24) is 10.2 Å². The van der Waals surface area contributed by atoms with Gasteiger partial charge in [-0.25, -0.2) is 0 Å². The summed E-state index contributed by atoms with van der Waals surface area (Å²) in [6, 6.07) is 19.7. The Hall–Kier alpha value is -2.95. The zero-order chi connectivity index (χ0) is 17.4. The Balaban J connectivity index is 2.13. The molecule has 0 aliphatic rings. The average Bonchev–Trinajstić information content (AvgIpc) is 3.00. The van der Waals surface area contributed by atoms with Crippen LogP contribution in [0.15, 0.2) is 60.7 Å². The van der Waals surface area contributed by atoms with Crippen LogP contribution in [0.5, 0.6) is 0 Å². The number of carbonyl (C=O) groups is 1. The molecule has 0 saturated heterocycles. The zero-order valence-corrected chi connectivity index (χ0v) is 14.9. The van der Waals surface area contributed by atoms with Crippen LogP contribution < -0.4 is 11.5 Å². The van der Waals surface area contributed by atoms with E-state index in [1.165, 1.54) is 0 Å². The summed E-state index contributed by atoms with van der Waals surface area (Å²) in [5, 5.41) is 9.60. The number of amides is 1. The molecule has 1 amide bonds. The van der Waals surface area contributed by atoms with E-state index in [9.17, 15) is 4.79 Å². The Kier molecular flexibility index (Phi) is 3.84. The Labute approximate surface area is 150 Å². The van der Waals surface area contributed by atoms with Crippen LogP contribution in [0, 0.1) is 0 Å². The molecule has 25 heavy (non-hydrogen) atoms. The quantitative estimate of drug-likeness (QED) is 0.523. The molecule has 6 heteroatoms. The molecular weight excluding hydrogens is 379 g/mol. The summed E-state index contributed by atoms with van der Waals surface area (Å²) in [7, 11) is 0. The number of hydrogen-bond donors (Lipinski definition) is 2. The fourth-order valence-corrected chi connectivity index (χ4v) is 4.77. The summed E-state index contributed by atoms with van der Waals surface area (Å²) in [5.41, 5.74) is 15.8. The summed E-state index contributed by atoms with van der Waals surface area (Å²) < 4.78 is 1.21. The van der Waals surface area contributed by atoms with E-state index in [2.05, 4.69) is 10.2 Å². The van der Waals surface area contributed by atoms with Gasteiger partial charge in [0.15, 0.2) is 0 Å². The second-order valence-electron chi connectivity index (χ2n) is 5.54. The van der Waals surface area contributed by atoms with E-state index in [4.69, 9.17) is 11.5 Å². The third-order valence-corrected chi connectivity index (χ3v) is 6.30. The van der Waals surface area contributed by atoms with Crippen LogP contribution in [0.4, 0.5) is 5.69 Å². The van der Waals surface area contributed by atoms with Gasteiger partial charge in [0.2, 0.25) is 0 Å². The van der Waals surface area contributed by atoms with Gasteiger partial charge in [0.25, 0.3) is 0 Å². The van der Waals surface area contributed by atoms with Crippen LogP contribution in [0.2, 0.25) is 0 Å². The van der Waals surface area contributed by atoms with Gasteiger partial charge in [-0.2, -0.15) is 0 Å². The normalized spacial score (nSPS) is 10.9. The van der Waals surface area contributed by atoms with Gasteiger partial charge in [0.1, 0.15) is 0 Å². The zero-order valence-electron chi connectivity index (χ0n) is 13.1. The van der Waals surface area contributed by atoms with Crippen LogP contribution >= 0.6 is 0 Å². The second-order valence-corrected chi connectivity index (χ2v) is 7.64. The first-order chi connectivity index (χ1) is 12.2. The molecule has 4 rings (SSSR count). The maximum absolute atomic E-state index is 11.7. The molecule has 0 spiro atoms. The molecule has 122 valence electrons. The molecule has 2 heterocycles. The number of carbonyl (C=O) groups excluding carboxylic acids is 1. The van der Waals surface area contributed by atoms with Gasteiger partial charge in [-0.1, -0.05) is 0 Å². The Morgan fingerprint density at radius 2 is 1.48 bits per heavy atom. The number of primary amides is 1. The van der Waals surface area contributed by atoms with Crippen molar-refractivity contribution in [2.45, 2.75) is 0 Å². The third-order valence-electron chi connectivity index (χ3n) is 3.99. The summed E-state index contributed by atoms with van der Waals surface area (Å²) in [4.78, 5) is 11.7. The molecular formula is C19H14N4OSe. The molecule has 0 aliphatic heterocycles. The molecule has 0 unspecified atom stereocenters. The van der Waals surface area contributed by atoms with Crippen molar-refractivity contribution in [3.05, 3.63) is 65.1 Å². The van der Waals surface area contributed by atoms with E-state index in [-0.39, 0.29) is 14.5 Å². The van der Waals surface area contributed by atoms with Crippen LogP contribution in [0.3, 0.4) is 0 Å². The fraction of sp³-hybridized carbons (Fsp3) is 0. The van der Waals surface area contributed by atoms with Gasteiger partial charge < -0.3 is 0 Å². The SMILES string of the molecule is NC(=O)c1[se]c2nnc(-c3ccccc3)c(-c3ccccc3)c2c1N. The van der Waals surface area contributed by atoms with Gasteiger partial charge >= 0.3 is 150 Å². The summed E-state index contributed by atoms with van der Waals surface area (Å²) >= 11 is -0.322.